The maximum Gasteiger partial charge on any atom is 0.200 e. The van der Waals surface area contributed by atoms with Gasteiger partial charge in [0.15, 0.2) is 69.8 Å². The van der Waals surface area contributed by atoms with Crippen LogP contribution in [-0.2, 0) is 0 Å². The Hall–Kier alpha value is -4.50. The minimum Gasteiger partial charge on any atom is -0.336 e. The quantitative estimate of drug-likeness (QED) is 0.0785. The fraction of sp³-hybridized carbons (Fsp3) is 0.429. The van der Waals surface area contributed by atoms with Gasteiger partial charge in [-0.05, 0) is 25.7 Å². The minimum atomic E-state index is -7.22. The van der Waals surface area contributed by atoms with Crippen LogP contribution in [0, 0.1) is 128 Å². The second kappa shape index (κ2) is 18.4. The van der Waals surface area contributed by atoms with Crippen molar-refractivity contribution in [2.24, 2.45) is 11.8 Å². The summed E-state index contributed by atoms with van der Waals surface area (Å²) in [5.74, 6) is -69.8. The summed E-state index contributed by atoms with van der Waals surface area (Å²) in [5, 5.41) is 2.91. The molecule has 64 heavy (non-hydrogen) atoms. The third-order valence-corrected chi connectivity index (χ3v) is 13.2. The van der Waals surface area contributed by atoms with Gasteiger partial charge in [-0.25, -0.2) is 87.8 Å². The molecule has 0 aromatic heterocycles. The van der Waals surface area contributed by atoms with Gasteiger partial charge in [0.1, 0.15) is 52.7 Å². The van der Waals surface area contributed by atoms with Gasteiger partial charge in [-0.15, -0.1) is 21.9 Å². The van der Waals surface area contributed by atoms with Crippen molar-refractivity contribution in [3.63, 3.8) is 0 Å². The van der Waals surface area contributed by atoms with Crippen LogP contribution in [0.15, 0.2) is 0 Å². The third kappa shape index (κ3) is 7.79. The first-order valence-electron chi connectivity index (χ1n) is 19.8. The highest BCUT2D eigenvalue weighted by Gasteiger charge is 2.53. The van der Waals surface area contributed by atoms with Crippen molar-refractivity contribution in [1.82, 2.24) is 0 Å². The highest BCUT2D eigenvalue weighted by Crippen LogP contribution is 2.37. The standard InChI is InChI=1S/C24BF20.C18H35N/c26-5-1(6(27)14(35)21(42)13(5)34)25(2-7(28)15(36)22(43)16(37)8(2)29,3-9(30)17(38)23(44)18(39)10(3)31)4-11(32)19(40)24(45)20(41)12(4)33;1-15(2)17(11-7-5-8-12-17)19-18(16(3)4)13-9-6-10-14-18/h;15-16,19H,5-14H2,1-4H3/q-1;/p+1. The van der Waals surface area contributed by atoms with E-state index in [9.17, 15) is 52.7 Å². The highest BCUT2D eigenvalue weighted by atomic mass is 19.2. The topological polar surface area (TPSA) is 16.6 Å². The van der Waals surface area contributed by atoms with Gasteiger partial charge in [0, 0.05) is 37.5 Å². The Kier molecular flexibility index (Phi) is 14.5. The molecule has 2 aliphatic rings. The lowest BCUT2D eigenvalue weighted by atomic mass is 9.12. The number of hydrogen-bond donors (Lipinski definition) is 1. The van der Waals surface area contributed by atoms with Gasteiger partial charge < -0.3 is 5.32 Å². The number of halogens is 20. The zero-order valence-electron chi connectivity index (χ0n) is 33.9. The third-order valence-electron chi connectivity index (χ3n) is 13.2. The SMILES string of the molecule is CC(C)C1([NH2+]C2(C(C)C)CCCCC2)CCCCC1.Fc1c(F)c(F)c([B-](c2c(F)c(F)c(F)c(F)c2F)(c2c(F)c(F)c(F)c(F)c2F)c2c(F)c(F)c(F)c(F)c2F)c(F)c1F. The Balaban J connectivity index is 0.000000337. The van der Waals surface area contributed by atoms with E-state index in [1.807, 2.05) is 0 Å². The molecule has 2 saturated carbocycles. The van der Waals surface area contributed by atoms with Gasteiger partial charge in [-0.3, -0.25) is 0 Å². The van der Waals surface area contributed by atoms with Crippen molar-refractivity contribution in [1.29, 1.82) is 0 Å². The van der Waals surface area contributed by atoms with E-state index in [4.69, 9.17) is 0 Å². The van der Waals surface area contributed by atoms with Gasteiger partial charge in [0.25, 0.3) is 0 Å². The van der Waals surface area contributed by atoms with Crippen LogP contribution >= 0.6 is 0 Å². The summed E-state index contributed by atoms with van der Waals surface area (Å²) in [6, 6.07) is 0. The molecule has 0 radical (unpaired) electrons. The second-order valence-electron chi connectivity index (χ2n) is 16.8. The molecule has 0 aliphatic heterocycles. The van der Waals surface area contributed by atoms with Crippen LogP contribution in [0.5, 0.6) is 0 Å². The fourth-order valence-corrected chi connectivity index (χ4v) is 9.64. The van der Waals surface area contributed by atoms with E-state index >= 15 is 35.1 Å². The molecule has 1 nitrogen and oxygen atoms in total. The molecule has 4 aromatic rings. The average molecular weight is 946 g/mol. The van der Waals surface area contributed by atoms with E-state index in [0.717, 1.165) is 11.8 Å². The van der Waals surface area contributed by atoms with Crippen molar-refractivity contribution in [3.8, 4) is 0 Å². The molecule has 0 amide bonds. The molecular weight excluding hydrogens is 909 g/mol. The first kappa shape index (κ1) is 50.5. The summed E-state index contributed by atoms with van der Waals surface area (Å²) in [4.78, 5) is 0. The van der Waals surface area contributed by atoms with E-state index in [0.29, 0.717) is 11.1 Å². The molecule has 0 unspecified atom stereocenters. The van der Waals surface area contributed by atoms with Gasteiger partial charge >= 0.3 is 0 Å². The molecule has 0 atom stereocenters. The normalized spacial score (nSPS) is 16.4. The maximum atomic E-state index is 15.4. The summed E-state index contributed by atoms with van der Waals surface area (Å²) < 4.78 is 294. The van der Waals surface area contributed by atoms with Crippen LogP contribution in [-0.4, -0.2) is 17.2 Å². The van der Waals surface area contributed by atoms with Gasteiger partial charge in [0.2, 0.25) is 0 Å². The van der Waals surface area contributed by atoms with Crippen molar-refractivity contribution in [2.75, 3.05) is 0 Å². The largest absolute Gasteiger partial charge is 0.336 e. The zero-order valence-corrected chi connectivity index (χ0v) is 33.9. The molecule has 0 saturated heterocycles. The van der Waals surface area contributed by atoms with Crippen LogP contribution in [0.25, 0.3) is 0 Å². The monoisotopic (exact) mass is 945 g/mol. The number of quaternary nitrogens is 1. The second-order valence-corrected chi connectivity index (χ2v) is 16.8. The van der Waals surface area contributed by atoms with Gasteiger partial charge in [-0.2, -0.15) is 0 Å². The van der Waals surface area contributed by atoms with Crippen LogP contribution in [0.3, 0.4) is 0 Å². The fourth-order valence-electron chi connectivity index (χ4n) is 9.64. The number of hydrogen-bond acceptors (Lipinski definition) is 0. The summed E-state index contributed by atoms with van der Waals surface area (Å²) in [7, 11) is 0. The van der Waals surface area contributed by atoms with Crippen LogP contribution < -0.4 is 27.2 Å². The smallest absolute Gasteiger partial charge is 0.200 e. The van der Waals surface area contributed by atoms with Crippen LogP contribution in [0.4, 0.5) is 87.8 Å². The minimum absolute atomic E-state index is 0.555. The van der Waals surface area contributed by atoms with Crippen molar-refractivity contribution >= 4 is 28.0 Å². The van der Waals surface area contributed by atoms with E-state index in [1.165, 1.54) is 64.2 Å². The molecule has 352 valence electrons. The van der Waals surface area contributed by atoms with Gasteiger partial charge in [-0.1, -0.05) is 40.5 Å². The summed E-state index contributed by atoms with van der Waals surface area (Å²) in [5.41, 5.74) is -13.2. The number of nitrogens with two attached hydrogens (primary N) is 1. The predicted octanol–water partition coefficient (Wildman–Crippen LogP) is 10.1. The Morgan fingerprint density at radius 3 is 0.594 bits per heavy atom. The Morgan fingerprint density at radius 1 is 0.281 bits per heavy atom. The summed E-state index contributed by atoms with van der Waals surface area (Å²) >= 11 is 0. The molecule has 6 rings (SSSR count). The highest BCUT2D eigenvalue weighted by molar-refractivity contribution is 7.20. The Labute approximate surface area is 352 Å². The first-order chi connectivity index (χ1) is 29.7. The zero-order chi connectivity index (χ0) is 48.3. The molecule has 0 spiro atoms. The lowest BCUT2D eigenvalue weighted by Gasteiger charge is -2.49. The molecule has 0 heterocycles. The van der Waals surface area contributed by atoms with E-state index in [2.05, 4.69) is 33.0 Å². The lowest BCUT2D eigenvalue weighted by Crippen LogP contribution is -3.08. The Bertz CT molecular complexity index is 2050. The number of rotatable bonds is 8. The molecule has 22 heteroatoms. The van der Waals surface area contributed by atoms with Gasteiger partial charge in [0.05, 0.1) is 11.1 Å². The molecule has 2 N–H and O–H groups in total. The average Bonchev–Trinajstić information content (AvgIpc) is 3.27. The van der Waals surface area contributed by atoms with Crippen LogP contribution in [0.1, 0.15) is 91.9 Å². The predicted molar refractivity (Wildman–Crippen MR) is 192 cm³/mol. The summed E-state index contributed by atoms with van der Waals surface area (Å²) in [6.45, 7) is 9.88. The van der Waals surface area contributed by atoms with Crippen molar-refractivity contribution < 1.29 is 93.1 Å². The molecular formula is C42H36BF20N. The van der Waals surface area contributed by atoms with E-state index < -0.39 is 144 Å². The summed E-state index contributed by atoms with van der Waals surface area (Å²) in [6.07, 6.45) is 7.40. The van der Waals surface area contributed by atoms with E-state index in [1.54, 1.807) is 0 Å². The van der Waals surface area contributed by atoms with Crippen LogP contribution in [0.2, 0.25) is 0 Å². The lowest BCUT2D eigenvalue weighted by molar-refractivity contribution is -0.806. The molecule has 2 aliphatic carbocycles. The number of benzene rings is 4. The maximum absolute atomic E-state index is 15.4. The Morgan fingerprint density at radius 2 is 0.438 bits per heavy atom. The van der Waals surface area contributed by atoms with E-state index in [-0.39, 0.29) is 0 Å². The van der Waals surface area contributed by atoms with Crippen molar-refractivity contribution in [3.05, 3.63) is 116 Å². The molecule has 2 fully saturated rings. The van der Waals surface area contributed by atoms with Crippen molar-refractivity contribution in [2.45, 2.75) is 103 Å². The molecule has 4 aromatic carbocycles. The molecule has 0 bridgehead atoms. The first-order valence-corrected chi connectivity index (χ1v) is 19.8.